The minimum atomic E-state index is 0.678. The first-order valence-electron chi connectivity index (χ1n) is 7.94. The topological polar surface area (TPSA) is 68.5 Å². The summed E-state index contributed by atoms with van der Waals surface area (Å²) in [5.74, 6) is 0.742. The third-order valence-corrected chi connectivity index (χ3v) is 5.29. The van der Waals surface area contributed by atoms with Crippen LogP contribution in [0.15, 0.2) is 65.2 Å². The van der Waals surface area contributed by atoms with E-state index in [0.717, 1.165) is 21.9 Å². The summed E-state index contributed by atoms with van der Waals surface area (Å²) in [7, 11) is 1.94. The van der Waals surface area contributed by atoms with Crippen LogP contribution in [0.3, 0.4) is 0 Å². The van der Waals surface area contributed by atoms with Crippen molar-refractivity contribution in [3.63, 3.8) is 0 Å². The van der Waals surface area contributed by atoms with Crippen LogP contribution in [0.4, 0.5) is 5.82 Å². The molecule has 0 spiro atoms. The molecule has 4 rings (SSSR count). The number of pyridine rings is 1. The molecular formula is C18H15IN6S. The van der Waals surface area contributed by atoms with Crippen molar-refractivity contribution >= 4 is 51.3 Å². The highest BCUT2D eigenvalue weighted by molar-refractivity contribution is 14.1. The summed E-state index contributed by atoms with van der Waals surface area (Å²) in [6, 6.07) is 12.3. The molecule has 8 heteroatoms. The van der Waals surface area contributed by atoms with Crippen molar-refractivity contribution in [2.24, 2.45) is 7.05 Å². The summed E-state index contributed by atoms with van der Waals surface area (Å²) in [5, 5.41) is 4.09. The highest BCUT2D eigenvalue weighted by Gasteiger charge is 2.13. The first-order valence-corrected chi connectivity index (χ1v) is 9.84. The van der Waals surface area contributed by atoms with Crippen molar-refractivity contribution < 1.29 is 0 Å². The molecule has 0 unspecified atom stereocenters. The number of nitrogens with one attached hydrogen (secondary N) is 1. The van der Waals surface area contributed by atoms with Crippen molar-refractivity contribution in [2.45, 2.75) is 16.6 Å². The van der Waals surface area contributed by atoms with Crippen LogP contribution in [0.25, 0.3) is 11.2 Å². The van der Waals surface area contributed by atoms with E-state index in [2.05, 4.69) is 72.1 Å². The molecule has 0 amide bonds. The van der Waals surface area contributed by atoms with Gasteiger partial charge in [-0.1, -0.05) is 12.1 Å². The first-order chi connectivity index (χ1) is 12.7. The van der Waals surface area contributed by atoms with E-state index in [1.807, 2.05) is 23.7 Å². The van der Waals surface area contributed by atoms with Crippen LogP contribution in [-0.2, 0) is 13.6 Å². The van der Waals surface area contributed by atoms with E-state index >= 15 is 0 Å². The third-order valence-electron chi connectivity index (χ3n) is 3.75. The molecule has 130 valence electrons. The second kappa shape index (κ2) is 7.58. The van der Waals surface area contributed by atoms with E-state index in [4.69, 9.17) is 0 Å². The van der Waals surface area contributed by atoms with Crippen molar-refractivity contribution in [1.82, 2.24) is 24.5 Å². The predicted molar refractivity (Wildman–Crippen MR) is 111 cm³/mol. The summed E-state index contributed by atoms with van der Waals surface area (Å²) in [5.41, 5.74) is 2.78. The van der Waals surface area contributed by atoms with Gasteiger partial charge in [0.2, 0.25) is 0 Å². The average molecular weight is 474 g/mol. The number of hydrogen-bond donors (Lipinski definition) is 1. The first kappa shape index (κ1) is 17.2. The van der Waals surface area contributed by atoms with E-state index in [-0.39, 0.29) is 0 Å². The molecular weight excluding hydrogens is 459 g/mol. The molecule has 3 heterocycles. The lowest BCUT2D eigenvalue weighted by Crippen LogP contribution is -2.04. The Morgan fingerprint density at radius 2 is 2.00 bits per heavy atom. The molecule has 3 aromatic heterocycles. The zero-order chi connectivity index (χ0) is 17.9. The van der Waals surface area contributed by atoms with Crippen molar-refractivity contribution in [3.05, 3.63) is 64.3 Å². The molecule has 0 radical (unpaired) electrons. The number of anilines is 1. The number of halogens is 1. The quantitative estimate of drug-likeness (QED) is 0.347. The zero-order valence-corrected chi connectivity index (χ0v) is 16.9. The molecule has 0 aliphatic heterocycles. The lowest BCUT2D eigenvalue weighted by molar-refractivity contribution is 0.899. The maximum absolute atomic E-state index is 4.69. The number of hydrogen-bond acceptors (Lipinski definition) is 6. The lowest BCUT2D eigenvalue weighted by Gasteiger charge is -2.09. The largest absolute Gasteiger partial charge is 0.364 e. The second-order valence-corrected chi connectivity index (χ2v) is 7.94. The number of benzene rings is 1. The van der Waals surface area contributed by atoms with Crippen molar-refractivity contribution in [2.75, 3.05) is 5.32 Å². The van der Waals surface area contributed by atoms with Crippen LogP contribution in [-0.4, -0.2) is 24.5 Å². The SMILES string of the molecule is Cn1cnc2c(NCc3cccc(I)c3)nc(Sc3ccncc3)nc21. The van der Waals surface area contributed by atoms with Crippen LogP contribution < -0.4 is 5.32 Å². The van der Waals surface area contributed by atoms with Gasteiger partial charge in [0.05, 0.1) is 6.33 Å². The molecule has 26 heavy (non-hydrogen) atoms. The van der Waals surface area contributed by atoms with Gasteiger partial charge in [-0.25, -0.2) is 15.0 Å². The van der Waals surface area contributed by atoms with Crippen LogP contribution >= 0.6 is 34.4 Å². The number of aryl methyl sites for hydroxylation is 1. The van der Waals surface area contributed by atoms with Crippen LogP contribution in [0.1, 0.15) is 5.56 Å². The van der Waals surface area contributed by atoms with E-state index < -0.39 is 0 Å². The minimum absolute atomic E-state index is 0.678. The fourth-order valence-electron chi connectivity index (χ4n) is 2.50. The Balaban J connectivity index is 1.66. The van der Waals surface area contributed by atoms with Gasteiger partial charge in [-0.15, -0.1) is 0 Å². The molecule has 0 aliphatic carbocycles. The molecule has 1 N–H and O–H groups in total. The number of nitrogens with zero attached hydrogens (tertiary/aromatic N) is 5. The molecule has 0 aliphatic rings. The van der Waals surface area contributed by atoms with E-state index in [0.29, 0.717) is 11.7 Å². The number of aromatic nitrogens is 5. The van der Waals surface area contributed by atoms with Gasteiger partial charge in [0.15, 0.2) is 22.1 Å². The van der Waals surface area contributed by atoms with Crippen LogP contribution in [0.2, 0.25) is 0 Å². The minimum Gasteiger partial charge on any atom is -0.364 e. The van der Waals surface area contributed by atoms with Gasteiger partial charge < -0.3 is 9.88 Å². The van der Waals surface area contributed by atoms with Crippen molar-refractivity contribution in [1.29, 1.82) is 0 Å². The van der Waals surface area contributed by atoms with Gasteiger partial charge in [-0.3, -0.25) is 4.98 Å². The monoisotopic (exact) mass is 474 g/mol. The van der Waals surface area contributed by atoms with E-state index in [1.165, 1.54) is 20.9 Å². The third kappa shape index (κ3) is 3.80. The molecule has 1 aromatic carbocycles. The van der Waals surface area contributed by atoms with Gasteiger partial charge >= 0.3 is 0 Å². The average Bonchev–Trinajstić information content (AvgIpc) is 3.02. The normalized spacial score (nSPS) is 11.0. The summed E-state index contributed by atoms with van der Waals surface area (Å²) >= 11 is 3.83. The molecule has 0 fully saturated rings. The summed E-state index contributed by atoms with van der Waals surface area (Å²) in [4.78, 5) is 18.9. The Hall–Kier alpha value is -2.20. The fourth-order valence-corrected chi connectivity index (χ4v) is 3.85. The van der Waals surface area contributed by atoms with Gasteiger partial charge in [-0.05, 0) is 64.2 Å². The van der Waals surface area contributed by atoms with Gasteiger partial charge in [0, 0.05) is 34.5 Å². The number of fused-ring (bicyclic) bond motifs is 1. The van der Waals surface area contributed by atoms with Gasteiger partial charge in [0.1, 0.15) is 0 Å². The van der Waals surface area contributed by atoms with Gasteiger partial charge in [0.25, 0.3) is 0 Å². The smallest absolute Gasteiger partial charge is 0.196 e. The fraction of sp³-hybridized carbons (Fsp3) is 0.111. The highest BCUT2D eigenvalue weighted by atomic mass is 127. The molecule has 0 saturated carbocycles. The molecule has 0 saturated heterocycles. The van der Waals surface area contributed by atoms with E-state index in [1.54, 1.807) is 18.7 Å². The lowest BCUT2D eigenvalue weighted by atomic mass is 10.2. The summed E-state index contributed by atoms with van der Waals surface area (Å²) < 4.78 is 3.12. The van der Waals surface area contributed by atoms with E-state index in [9.17, 15) is 0 Å². The Morgan fingerprint density at radius 3 is 2.81 bits per heavy atom. The van der Waals surface area contributed by atoms with Gasteiger partial charge in [-0.2, -0.15) is 0 Å². The van der Waals surface area contributed by atoms with Crippen LogP contribution in [0, 0.1) is 3.57 Å². The number of rotatable bonds is 5. The Kier molecular flexibility index (Phi) is 5.02. The second-order valence-electron chi connectivity index (χ2n) is 5.65. The maximum Gasteiger partial charge on any atom is 0.196 e. The molecule has 0 bridgehead atoms. The van der Waals surface area contributed by atoms with Crippen molar-refractivity contribution in [3.8, 4) is 0 Å². The standard InChI is InChI=1S/C18H15IN6S/c1-25-11-22-15-16(21-10-12-3-2-4-13(19)9-12)23-18(24-17(15)25)26-14-5-7-20-8-6-14/h2-9,11H,10H2,1H3,(H,21,23,24). The summed E-state index contributed by atoms with van der Waals surface area (Å²) in [6.07, 6.45) is 5.29. The Bertz CT molecular complexity index is 1050. The zero-order valence-electron chi connectivity index (χ0n) is 13.9. The summed E-state index contributed by atoms with van der Waals surface area (Å²) in [6.45, 7) is 0.679. The molecule has 4 aromatic rings. The Morgan fingerprint density at radius 1 is 1.15 bits per heavy atom. The maximum atomic E-state index is 4.69. The Labute approximate surface area is 168 Å². The number of imidazole rings is 1. The van der Waals surface area contributed by atoms with Crippen LogP contribution in [0.5, 0.6) is 0 Å². The molecule has 0 atom stereocenters. The predicted octanol–water partition coefficient (Wildman–Crippen LogP) is 4.13. The highest BCUT2D eigenvalue weighted by Crippen LogP contribution is 2.28. The molecule has 6 nitrogen and oxygen atoms in total.